The molecule has 6 nitrogen and oxygen atoms in total. The average molecular weight is 472 g/mol. The number of halogens is 3. The molecule has 2 atom stereocenters. The second-order valence-electron chi connectivity index (χ2n) is 9.79. The number of benzene rings is 1. The number of carbonyl (C=O) groups is 1. The first-order valence-electron chi connectivity index (χ1n) is 11.7. The molecule has 2 aliphatic heterocycles. The first kappa shape index (κ1) is 22.8. The molecule has 0 aliphatic carbocycles. The van der Waals surface area contributed by atoms with Gasteiger partial charge in [0, 0.05) is 23.7 Å². The molecule has 5 rings (SSSR count). The molecule has 2 unspecified atom stereocenters. The first-order chi connectivity index (χ1) is 16.1. The van der Waals surface area contributed by atoms with Crippen molar-refractivity contribution in [1.82, 2.24) is 24.8 Å². The molecule has 34 heavy (non-hydrogen) atoms. The number of carbonyl (C=O) groups excluding carboxylic acids is 1. The fraction of sp³-hybridized carbons (Fsp3) is 0.480. The van der Waals surface area contributed by atoms with E-state index >= 15 is 0 Å². The summed E-state index contributed by atoms with van der Waals surface area (Å²) in [5.41, 5.74) is 0.789. The van der Waals surface area contributed by atoms with E-state index in [1.54, 1.807) is 12.1 Å². The maximum atomic E-state index is 13.9. The predicted molar refractivity (Wildman–Crippen MR) is 123 cm³/mol. The molecule has 1 N–H and O–H groups in total. The molecule has 2 saturated heterocycles. The molecule has 0 radical (unpaired) electrons. The summed E-state index contributed by atoms with van der Waals surface area (Å²) in [4.78, 5) is 20.0. The van der Waals surface area contributed by atoms with E-state index in [1.165, 1.54) is 6.20 Å². The number of hydrogen-bond donors (Lipinski definition) is 1. The van der Waals surface area contributed by atoms with Crippen LogP contribution in [0.4, 0.5) is 13.2 Å². The van der Waals surface area contributed by atoms with E-state index in [9.17, 15) is 18.0 Å². The SMILES string of the molecule is CC(C)c1ccc(-c2cc(C(F)(F)F)n3ncc(C(=O)NC4CC5CCC(C4)N5C)c3n2)cc1. The molecule has 1 aromatic carbocycles. The minimum atomic E-state index is -4.65. The third-order valence-corrected chi connectivity index (χ3v) is 7.31. The van der Waals surface area contributed by atoms with Crippen LogP contribution in [0.3, 0.4) is 0 Å². The van der Waals surface area contributed by atoms with Crippen molar-refractivity contribution in [3.05, 3.63) is 53.3 Å². The maximum absolute atomic E-state index is 13.9. The molecule has 0 spiro atoms. The lowest BCUT2D eigenvalue weighted by atomic mass is 9.98. The largest absolute Gasteiger partial charge is 0.433 e. The van der Waals surface area contributed by atoms with Gasteiger partial charge in [-0.1, -0.05) is 38.1 Å². The van der Waals surface area contributed by atoms with Gasteiger partial charge >= 0.3 is 6.18 Å². The summed E-state index contributed by atoms with van der Waals surface area (Å²) in [5, 5.41) is 6.92. The Bertz CT molecular complexity index is 1200. The van der Waals surface area contributed by atoms with Gasteiger partial charge in [-0.2, -0.15) is 18.3 Å². The van der Waals surface area contributed by atoms with Crippen LogP contribution in [0.2, 0.25) is 0 Å². The van der Waals surface area contributed by atoms with Crippen molar-refractivity contribution in [2.75, 3.05) is 7.05 Å². The summed E-state index contributed by atoms with van der Waals surface area (Å²) in [6.07, 6.45) is 0.432. The second-order valence-corrected chi connectivity index (χ2v) is 9.79. The van der Waals surface area contributed by atoms with E-state index < -0.39 is 17.8 Å². The van der Waals surface area contributed by atoms with Crippen LogP contribution in [-0.4, -0.2) is 50.6 Å². The molecule has 2 aliphatic rings. The van der Waals surface area contributed by atoms with Crippen LogP contribution >= 0.6 is 0 Å². The van der Waals surface area contributed by atoms with Crippen LogP contribution in [0.1, 0.15) is 67.1 Å². The Morgan fingerprint density at radius 1 is 1.12 bits per heavy atom. The number of piperidine rings is 1. The minimum absolute atomic E-state index is 0.00926. The van der Waals surface area contributed by atoms with E-state index in [-0.39, 0.29) is 22.9 Å². The number of rotatable bonds is 4. The predicted octanol–water partition coefficient (Wildman–Crippen LogP) is 4.89. The zero-order chi connectivity index (χ0) is 24.2. The van der Waals surface area contributed by atoms with Crippen molar-refractivity contribution < 1.29 is 18.0 Å². The molecule has 9 heteroatoms. The van der Waals surface area contributed by atoms with Crippen molar-refractivity contribution in [3.8, 4) is 11.3 Å². The Morgan fingerprint density at radius 2 is 1.76 bits per heavy atom. The zero-order valence-electron chi connectivity index (χ0n) is 19.4. The van der Waals surface area contributed by atoms with Crippen LogP contribution in [0.5, 0.6) is 0 Å². The molecule has 4 heterocycles. The fourth-order valence-corrected chi connectivity index (χ4v) is 5.30. The van der Waals surface area contributed by atoms with E-state index in [2.05, 4.69) is 27.3 Å². The van der Waals surface area contributed by atoms with Gasteiger partial charge in [-0.25, -0.2) is 9.50 Å². The fourth-order valence-electron chi connectivity index (χ4n) is 5.30. The topological polar surface area (TPSA) is 62.5 Å². The molecule has 0 saturated carbocycles. The van der Waals surface area contributed by atoms with Gasteiger partial charge < -0.3 is 10.2 Å². The number of hydrogen-bond acceptors (Lipinski definition) is 4. The standard InChI is InChI=1S/C25H28F3N5O/c1-14(2)15-4-6-16(7-5-15)21-12-22(25(26,27)28)33-23(31-21)20(13-29-33)24(34)30-17-10-18-8-9-19(11-17)32(18)3/h4-7,12-14,17-19H,8-11H2,1-3H3,(H,30,34). The summed E-state index contributed by atoms with van der Waals surface area (Å²) in [6.45, 7) is 4.10. The van der Waals surface area contributed by atoms with Gasteiger partial charge in [-0.15, -0.1) is 0 Å². The van der Waals surface area contributed by atoms with Crippen molar-refractivity contribution in [3.63, 3.8) is 0 Å². The third-order valence-electron chi connectivity index (χ3n) is 7.31. The molecule has 3 aromatic rings. The Morgan fingerprint density at radius 3 is 2.35 bits per heavy atom. The van der Waals surface area contributed by atoms with Gasteiger partial charge in [-0.3, -0.25) is 4.79 Å². The van der Waals surface area contributed by atoms with Crippen LogP contribution in [0, 0.1) is 0 Å². The zero-order valence-corrected chi connectivity index (χ0v) is 19.4. The molecule has 2 aromatic heterocycles. The third kappa shape index (κ3) is 4.06. The summed E-state index contributed by atoms with van der Waals surface area (Å²) < 4.78 is 42.4. The highest BCUT2D eigenvalue weighted by Gasteiger charge is 2.40. The summed E-state index contributed by atoms with van der Waals surface area (Å²) in [6, 6.07) is 9.14. The second kappa shape index (κ2) is 8.37. The lowest BCUT2D eigenvalue weighted by Crippen LogP contribution is -2.48. The smallest absolute Gasteiger partial charge is 0.349 e. The summed E-state index contributed by atoms with van der Waals surface area (Å²) >= 11 is 0. The van der Waals surface area contributed by atoms with Crippen LogP contribution in [-0.2, 0) is 6.18 Å². The highest BCUT2D eigenvalue weighted by atomic mass is 19.4. The quantitative estimate of drug-likeness (QED) is 0.588. The van der Waals surface area contributed by atoms with E-state index in [0.717, 1.165) is 41.8 Å². The normalized spacial score (nSPS) is 23.1. The van der Waals surface area contributed by atoms with Gasteiger partial charge in [0.25, 0.3) is 5.91 Å². The number of aromatic nitrogens is 3. The van der Waals surface area contributed by atoms with Gasteiger partial charge in [0.15, 0.2) is 11.3 Å². The summed E-state index contributed by atoms with van der Waals surface area (Å²) in [7, 11) is 2.11. The van der Waals surface area contributed by atoms with E-state index in [4.69, 9.17) is 0 Å². The number of amides is 1. The van der Waals surface area contributed by atoms with Crippen molar-refractivity contribution in [2.24, 2.45) is 0 Å². The highest BCUT2D eigenvalue weighted by Crippen LogP contribution is 2.35. The van der Waals surface area contributed by atoms with Gasteiger partial charge in [-0.05, 0) is 50.3 Å². The summed E-state index contributed by atoms with van der Waals surface area (Å²) in [5.74, 6) is -0.132. The molecular formula is C25H28F3N5O. The van der Waals surface area contributed by atoms with Crippen molar-refractivity contribution in [1.29, 1.82) is 0 Å². The molecule has 2 fully saturated rings. The van der Waals surface area contributed by atoms with E-state index in [1.807, 2.05) is 26.0 Å². The molecule has 2 bridgehead atoms. The lowest BCUT2D eigenvalue weighted by Gasteiger charge is -2.36. The number of nitrogens with one attached hydrogen (secondary N) is 1. The number of fused-ring (bicyclic) bond motifs is 3. The molecule has 1 amide bonds. The van der Waals surface area contributed by atoms with Crippen LogP contribution in [0.15, 0.2) is 36.5 Å². The molecular weight excluding hydrogens is 443 g/mol. The van der Waals surface area contributed by atoms with Crippen molar-refractivity contribution >= 4 is 11.6 Å². The lowest BCUT2D eigenvalue weighted by molar-refractivity contribution is -0.142. The Kier molecular flexibility index (Phi) is 5.62. The maximum Gasteiger partial charge on any atom is 0.433 e. The Hall–Kier alpha value is -2.94. The minimum Gasteiger partial charge on any atom is -0.349 e. The van der Waals surface area contributed by atoms with Gasteiger partial charge in [0.2, 0.25) is 0 Å². The highest BCUT2D eigenvalue weighted by molar-refractivity contribution is 6.00. The van der Waals surface area contributed by atoms with Crippen molar-refractivity contribution in [2.45, 2.75) is 69.8 Å². The Balaban J connectivity index is 1.50. The average Bonchev–Trinajstić information content (AvgIpc) is 3.29. The first-order valence-corrected chi connectivity index (χ1v) is 11.7. The number of alkyl halides is 3. The van der Waals surface area contributed by atoms with Crippen LogP contribution < -0.4 is 5.32 Å². The van der Waals surface area contributed by atoms with Gasteiger partial charge in [0.05, 0.1) is 11.9 Å². The van der Waals surface area contributed by atoms with Gasteiger partial charge in [0.1, 0.15) is 5.56 Å². The molecule has 180 valence electrons. The number of nitrogens with zero attached hydrogens (tertiary/aromatic N) is 4. The monoisotopic (exact) mass is 471 g/mol. The Labute approximate surface area is 196 Å². The van der Waals surface area contributed by atoms with E-state index in [0.29, 0.717) is 23.6 Å². The van der Waals surface area contributed by atoms with Crippen LogP contribution in [0.25, 0.3) is 16.9 Å².